The van der Waals surface area contributed by atoms with Crippen LogP contribution in [0.2, 0.25) is 0 Å². The number of alkyl carbamates (subject to hydrolysis) is 1. The Hall–Kier alpha value is -5.03. The summed E-state index contributed by atoms with van der Waals surface area (Å²) in [4.78, 5) is 61.8. The van der Waals surface area contributed by atoms with Crippen molar-refractivity contribution in [3.63, 3.8) is 0 Å². The zero-order valence-electron chi connectivity index (χ0n) is 37.9. The molecular formula is C48H53N3O14S2. The minimum Gasteiger partial charge on any atom is -0.508 e. The number of thioether (sulfide) groups is 2. The summed E-state index contributed by atoms with van der Waals surface area (Å²) in [5.41, 5.74) is 0.994. The quantitative estimate of drug-likeness (QED) is 0.0903. The molecule has 0 radical (unpaired) electrons. The van der Waals surface area contributed by atoms with Crippen molar-refractivity contribution >= 4 is 68.1 Å². The average molecular weight is 960 g/mol. The molecule has 5 N–H and O–H groups in total. The van der Waals surface area contributed by atoms with Gasteiger partial charge in [-0.05, 0) is 69.0 Å². The Bertz CT molecular complexity index is 2620. The summed E-state index contributed by atoms with van der Waals surface area (Å²) in [6.45, 7) is 6.86. The fraction of sp³-hybridized carbons (Fsp3) is 0.479. The highest BCUT2D eigenvalue weighted by atomic mass is 32.2. The van der Waals surface area contributed by atoms with Gasteiger partial charge in [0.15, 0.2) is 23.5 Å². The maximum absolute atomic E-state index is 15.3. The molecule has 7 rings (SSSR count). The van der Waals surface area contributed by atoms with Gasteiger partial charge in [0.05, 0.1) is 55.3 Å². The first-order valence-electron chi connectivity index (χ1n) is 21.6. The molecule has 2 aromatic heterocycles. The number of hydrogen-bond acceptors (Lipinski definition) is 17. The van der Waals surface area contributed by atoms with Crippen molar-refractivity contribution < 1.29 is 67.7 Å². The van der Waals surface area contributed by atoms with Crippen molar-refractivity contribution in [2.45, 2.75) is 107 Å². The van der Waals surface area contributed by atoms with Crippen molar-refractivity contribution in [1.82, 2.24) is 15.3 Å². The number of aromatic amines is 1. The summed E-state index contributed by atoms with van der Waals surface area (Å²) in [5.74, 6) is 9.45. The second-order valence-electron chi connectivity index (χ2n) is 16.4. The van der Waals surface area contributed by atoms with Crippen molar-refractivity contribution in [1.29, 1.82) is 0 Å². The molecule has 2 saturated heterocycles. The fourth-order valence-corrected chi connectivity index (χ4v) is 10.4. The van der Waals surface area contributed by atoms with Crippen LogP contribution in [0.1, 0.15) is 51.0 Å². The lowest BCUT2D eigenvalue weighted by Crippen LogP contribution is -2.68. The van der Waals surface area contributed by atoms with Crippen LogP contribution in [-0.4, -0.2) is 147 Å². The van der Waals surface area contributed by atoms with Crippen molar-refractivity contribution in [3.05, 3.63) is 71.2 Å². The molecule has 17 nitrogen and oxygen atoms in total. The highest BCUT2D eigenvalue weighted by Crippen LogP contribution is 2.46. The van der Waals surface area contributed by atoms with E-state index < -0.39 is 90.1 Å². The number of aromatic nitrogens is 2. The monoisotopic (exact) mass is 959 g/mol. The predicted octanol–water partition coefficient (Wildman–Crippen LogP) is 4.48. The van der Waals surface area contributed by atoms with Crippen LogP contribution in [-0.2, 0) is 42.7 Å². The number of nitrogens with zero attached hydrogens (tertiary/aromatic N) is 1. The molecule has 1 aromatic carbocycles. The van der Waals surface area contributed by atoms with Crippen LogP contribution in [0.3, 0.4) is 0 Å². The van der Waals surface area contributed by atoms with E-state index in [0.29, 0.717) is 21.8 Å². The van der Waals surface area contributed by atoms with E-state index in [9.17, 15) is 29.7 Å². The molecule has 0 saturated carbocycles. The van der Waals surface area contributed by atoms with Gasteiger partial charge in [0.1, 0.15) is 40.6 Å². The van der Waals surface area contributed by atoms with Crippen LogP contribution < -0.4 is 5.32 Å². The van der Waals surface area contributed by atoms with Gasteiger partial charge in [0, 0.05) is 60.7 Å². The van der Waals surface area contributed by atoms with Gasteiger partial charge in [-0.25, -0.2) is 4.79 Å². The predicted molar refractivity (Wildman–Crippen MR) is 249 cm³/mol. The van der Waals surface area contributed by atoms with Gasteiger partial charge >= 0.3 is 6.09 Å². The molecule has 4 heterocycles. The van der Waals surface area contributed by atoms with E-state index in [0.717, 1.165) is 30.6 Å². The first-order chi connectivity index (χ1) is 32.1. The number of hydrogen-bond donors (Lipinski definition) is 5. The normalized spacial score (nSPS) is 30.8. The summed E-state index contributed by atoms with van der Waals surface area (Å²) in [7, 11) is 2.67. The van der Waals surface area contributed by atoms with Gasteiger partial charge in [-0.2, -0.15) is 0 Å². The van der Waals surface area contributed by atoms with Gasteiger partial charge in [-0.15, -0.1) is 11.8 Å². The highest BCUT2D eigenvalue weighted by molar-refractivity contribution is 8.13. The molecule has 9 unspecified atom stereocenters. The van der Waals surface area contributed by atoms with Crippen molar-refractivity contribution in [2.24, 2.45) is 5.92 Å². The number of phenols is 1. The molecule has 2 fully saturated rings. The number of rotatable bonds is 13. The second kappa shape index (κ2) is 21.5. The maximum atomic E-state index is 15.3. The number of ketones is 2. The number of phenolic OH excluding ortho intramolecular Hbond substituents is 1. The number of carbonyl (C=O) groups excluding carboxylic acids is 4. The number of amides is 1. The lowest BCUT2D eigenvalue weighted by atomic mass is 9.82. The summed E-state index contributed by atoms with van der Waals surface area (Å²) in [6, 6.07) is 6.51. The smallest absolute Gasteiger partial charge is 0.411 e. The molecule has 4 aliphatic rings. The Morgan fingerprint density at radius 2 is 1.88 bits per heavy atom. The lowest BCUT2D eigenvalue weighted by Gasteiger charge is -2.51. The number of allylic oxidation sites excluding steroid dienone is 3. The Morgan fingerprint density at radius 1 is 1.10 bits per heavy atom. The van der Waals surface area contributed by atoms with Crippen LogP contribution in [0.15, 0.2) is 65.5 Å². The molecule has 2 aliphatic heterocycles. The zero-order chi connectivity index (χ0) is 48.2. The van der Waals surface area contributed by atoms with Crippen LogP contribution in [0.5, 0.6) is 5.75 Å². The van der Waals surface area contributed by atoms with E-state index in [-0.39, 0.29) is 58.3 Å². The molecule has 0 bridgehead atoms. The molecule has 11 atom stereocenters. The molecule has 0 spiro atoms. The number of ether oxygens (including phenoxy) is 7. The standard InChI is InChI=1S/C48H53N3O14S2/c1-24(2)62-37-23-61-38(22-36(37)59-5)65-43-45(57)48(66-7,44(56)42-41-28(16-18-49-42)31-20-27(53)14-15-32(31)50-41)25(3)63-46(43)64-35-13-11-9-8-10-12-30-39(35)29(17-19-67-26(4)52)33(54)21-34(55)40(30)51-47(58)60-6/h8-9,14-18,20,24-25,33,35-39,43,45-46,50,53-54,57H,19,21-23H2,1-7H3,(H,51,58)/b9-8-,29-17-/t25?,33-,35-,36?,37?,38?,39?,43?,45?,46?,48?/m0/s1. The summed E-state index contributed by atoms with van der Waals surface area (Å²) >= 11 is 2.01. The number of Topliss-reactive ketones (excluding diaryl/α,β-unsaturated/α-hetero) is 2. The number of pyridine rings is 1. The maximum Gasteiger partial charge on any atom is 0.411 e. The molecule has 1 amide bonds. The van der Waals surface area contributed by atoms with E-state index in [1.54, 1.807) is 44.6 Å². The summed E-state index contributed by atoms with van der Waals surface area (Å²) in [6.07, 6.45) is -4.58. The minimum absolute atomic E-state index is 0.000397. The molecule has 3 aromatic rings. The van der Waals surface area contributed by atoms with E-state index in [1.807, 2.05) is 13.8 Å². The van der Waals surface area contributed by atoms with E-state index in [2.05, 4.69) is 39.0 Å². The molecular weight excluding hydrogens is 907 g/mol. The van der Waals surface area contributed by atoms with Crippen LogP contribution in [0.25, 0.3) is 21.8 Å². The molecule has 356 valence electrons. The Morgan fingerprint density at radius 3 is 2.60 bits per heavy atom. The van der Waals surface area contributed by atoms with Crippen LogP contribution in [0.4, 0.5) is 4.79 Å². The Balaban J connectivity index is 1.35. The lowest BCUT2D eigenvalue weighted by molar-refractivity contribution is -0.331. The third-order valence-corrected chi connectivity index (χ3v) is 14.2. The fourth-order valence-electron chi connectivity index (χ4n) is 8.87. The number of aliphatic hydroxyl groups excluding tert-OH is 2. The number of fused-ring (bicyclic) bond motifs is 4. The summed E-state index contributed by atoms with van der Waals surface area (Å²) < 4.78 is 41.4. The van der Waals surface area contributed by atoms with Crippen molar-refractivity contribution in [3.8, 4) is 29.4 Å². The topological polar surface area (TPSA) is 234 Å². The van der Waals surface area contributed by atoms with Gasteiger partial charge in [0.2, 0.25) is 5.78 Å². The Labute approximate surface area is 395 Å². The van der Waals surface area contributed by atoms with Crippen LogP contribution in [0, 0.1) is 29.6 Å². The zero-order valence-corrected chi connectivity index (χ0v) is 39.5. The highest BCUT2D eigenvalue weighted by Gasteiger charge is 2.61. The van der Waals surface area contributed by atoms with Gasteiger partial charge in [-0.3, -0.25) is 24.7 Å². The second-order valence-corrected chi connectivity index (χ2v) is 18.7. The molecule has 2 aliphatic carbocycles. The number of methoxy groups -OCH3 is 2. The van der Waals surface area contributed by atoms with Crippen molar-refractivity contribution in [2.75, 3.05) is 32.8 Å². The average Bonchev–Trinajstić information content (AvgIpc) is 3.67. The number of aliphatic hydroxyl groups is 2. The van der Waals surface area contributed by atoms with Gasteiger partial charge < -0.3 is 53.5 Å². The van der Waals surface area contributed by atoms with E-state index >= 15 is 4.79 Å². The molecule has 67 heavy (non-hydrogen) atoms. The third kappa shape index (κ3) is 10.4. The first-order valence-corrected chi connectivity index (χ1v) is 23.8. The van der Waals surface area contributed by atoms with Crippen LogP contribution >= 0.6 is 23.5 Å². The summed E-state index contributed by atoms with van der Waals surface area (Å²) in [5, 5.41) is 38.6. The van der Waals surface area contributed by atoms with Gasteiger partial charge in [0.25, 0.3) is 0 Å². The third-order valence-electron chi connectivity index (χ3n) is 12.0. The van der Waals surface area contributed by atoms with E-state index in [1.165, 1.54) is 31.3 Å². The molecule has 19 heteroatoms. The number of carbonyl (C=O) groups is 4. The largest absolute Gasteiger partial charge is 0.508 e. The minimum atomic E-state index is -1.81. The van der Waals surface area contributed by atoms with Gasteiger partial charge in [-0.1, -0.05) is 41.5 Å². The number of nitrogens with one attached hydrogen (secondary N) is 2. The number of H-pyrrole nitrogens is 1. The Kier molecular flexibility index (Phi) is 16.0. The SMILES string of the molecule is COC(=O)NC1=C2C#C/C=C\C#C[C@H](OC3OC(C)C(SC)(C(=O)c4nccc5c4[nH]c4ccc(O)cc45)C(O)C3OC3CC(OC)C(OC(C)C)CO3)C2/C(=C\CSC(C)=O)[C@@H](O)CC1=O. The van der Waals surface area contributed by atoms with E-state index in [4.69, 9.17) is 33.2 Å². The number of aromatic hydroxyl groups is 1. The number of benzene rings is 1. The first kappa shape index (κ1) is 49.9.